The van der Waals surface area contributed by atoms with Gasteiger partial charge >= 0.3 is 29.9 Å². The van der Waals surface area contributed by atoms with Crippen molar-refractivity contribution in [1.82, 2.24) is 40.4 Å². The van der Waals surface area contributed by atoms with Crippen LogP contribution in [-0.2, 0) is 83.3 Å². The van der Waals surface area contributed by atoms with Gasteiger partial charge in [-0.3, -0.25) is 77.1 Å². The number of benzene rings is 1. The molecule has 31 nitrogen and oxygen atoms in total. The minimum Gasteiger partial charge on any atom is -0.480 e. The van der Waals surface area contributed by atoms with E-state index in [0.717, 1.165) is 106 Å². The van der Waals surface area contributed by atoms with Gasteiger partial charge in [0.25, 0.3) is 47.3 Å². The highest BCUT2D eigenvalue weighted by molar-refractivity contribution is 6.17. The third-order valence-corrected chi connectivity index (χ3v) is 15.8. The Hall–Kier alpha value is -9.62. The minimum absolute atomic E-state index is 0.0478. The standard InChI is InChI=1S/C30H42N6O8.C14H22N2O4.C14H21NO4.C10H14N2O4/c1-17(2)26(35-28(41)22(15-31)36-24(38)11-12-25(36)39)23(37)14-20(6-5-13-33-30(32)43)27(40)34-21-9-7-19(8-10-21)16-44-29(42)18(3)4;1-10(2)15(3)9-5-4-6-11(14(19)20)16-12(17)7-8-13(16)18;1-10(2)6-4-3-5-7-11(14(18)19)15-12(16)8-9-13(15)17;1-6(2)11-5-7(10(15)16)12-8(13)3-4-9(12)14/h7-12,17-18,20,22,26H,5-6,13-16,31H2,1-4H3,(H,34,40)(H,35,41)(H3,32,33,43);7-8,10-11H,4-6,9H2,1-3H3,(H,19,20);8-11H,3-7H2,1-2H3,(H,18,19);3-4,6-7,11H,5H2,1-2H3,(H,15,16). The van der Waals surface area contributed by atoms with E-state index < -0.39 is 131 Å². The predicted molar refractivity (Wildman–Crippen MR) is 360 cm³/mol. The summed E-state index contributed by atoms with van der Waals surface area (Å²) in [6, 6.07) is 0.892. The molecule has 0 radical (unpaired) electrons. The Morgan fingerprint density at radius 2 is 0.960 bits per heavy atom. The molecule has 546 valence electrons. The molecule has 0 saturated carbocycles. The van der Waals surface area contributed by atoms with E-state index >= 15 is 0 Å². The smallest absolute Gasteiger partial charge is 0.328 e. The summed E-state index contributed by atoms with van der Waals surface area (Å²) in [5.41, 5.74) is 12.0. The van der Waals surface area contributed by atoms with Crippen molar-refractivity contribution in [2.75, 3.05) is 38.5 Å². The first-order chi connectivity index (χ1) is 46.4. The number of nitrogens with one attached hydrogen (secondary N) is 4. The van der Waals surface area contributed by atoms with E-state index in [0.29, 0.717) is 49.8 Å². The predicted octanol–water partition coefficient (Wildman–Crippen LogP) is 2.95. The van der Waals surface area contributed by atoms with Gasteiger partial charge in [0.15, 0.2) is 5.78 Å². The number of urea groups is 1. The number of Topliss-reactive ketones (excluding diaryl/α,β-unsaturated/α-hetero) is 1. The van der Waals surface area contributed by atoms with Crippen LogP contribution in [0.15, 0.2) is 72.9 Å². The lowest BCUT2D eigenvalue weighted by molar-refractivity contribution is -0.153. The summed E-state index contributed by atoms with van der Waals surface area (Å²) in [5, 5.41) is 38.0. The summed E-state index contributed by atoms with van der Waals surface area (Å²) in [4.78, 5) is 194. The van der Waals surface area contributed by atoms with E-state index in [9.17, 15) is 81.8 Å². The number of esters is 1. The molecule has 12 amide bonds. The van der Waals surface area contributed by atoms with Crippen molar-refractivity contribution in [3.63, 3.8) is 0 Å². The number of hydrogen-bond acceptors (Lipinski definition) is 20. The third-order valence-electron chi connectivity index (χ3n) is 15.8. The van der Waals surface area contributed by atoms with Gasteiger partial charge in [-0.15, -0.1) is 0 Å². The number of ketones is 1. The Kier molecular flexibility index (Phi) is 37.1. The number of amides is 12. The monoisotopic (exact) mass is 1390 g/mol. The number of carbonyl (C=O) groups is 16. The summed E-state index contributed by atoms with van der Waals surface area (Å²) in [5.74, 6) is -10.9. The maximum atomic E-state index is 13.5. The van der Waals surface area contributed by atoms with Crippen LogP contribution >= 0.6 is 0 Å². The molecule has 99 heavy (non-hydrogen) atoms. The number of carbonyl (C=O) groups excluding carboxylic acids is 13. The molecule has 0 bridgehead atoms. The maximum absolute atomic E-state index is 13.5. The zero-order valence-corrected chi connectivity index (χ0v) is 58.3. The number of carboxylic acid groups (broad SMARTS) is 3. The van der Waals surface area contributed by atoms with Crippen LogP contribution < -0.4 is 32.7 Å². The van der Waals surface area contributed by atoms with Crippen LogP contribution in [0.25, 0.3) is 0 Å². The normalized spacial score (nSPS) is 15.9. The molecule has 6 atom stereocenters. The fraction of sp³-hybridized carbons (Fsp3) is 0.559. The molecule has 6 unspecified atom stereocenters. The molecular weight excluding hydrogens is 1290 g/mol. The van der Waals surface area contributed by atoms with Crippen molar-refractivity contribution >= 4 is 100 Å². The minimum atomic E-state index is -1.31. The van der Waals surface area contributed by atoms with Crippen molar-refractivity contribution in [3.8, 4) is 0 Å². The molecule has 1 aromatic carbocycles. The lowest BCUT2D eigenvalue weighted by Crippen LogP contribution is -2.57. The highest BCUT2D eigenvalue weighted by Gasteiger charge is 2.40. The van der Waals surface area contributed by atoms with Crippen LogP contribution in [-0.4, -0.2) is 210 Å². The largest absolute Gasteiger partial charge is 0.480 e. The van der Waals surface area contributed by atoms with Crippen LogP contribution in [0.5, 0.6) is 0 Å². The van der Waals surface area contributed by atoms with Gasteiger partial charge in [0.05, 0.1) is 12.0 Å². The summed E-state index contributed by atoms with van der Waals surface area (Å²) in [6.07, 6.45) is 14.9. The number of anilines is 1. The fourth-order valence-electron chi connectivity index (χ4n) is 9.97. The number of rotatable bonds is 38. The van der Waals surface area contributed by atoms with Gasteiger partial charge in [-0.1, -0.05) is 93.2 Å². The van der Waals surface area contributed by atoms with Crippen LogP contribution in [0.1, 0.15) is 145 Å². The Morgan fingerprint density at radius 3 is 1.34 bits per heavy atom. The molecule has 4 aliphatic heterocycles. The van der Waals surface area contributed by atoms with Crippen molar-refractivity contribution < 1.29 is 96.8 Å². The molecule has 0 aromatic heterocycles. The average Bonchev–Trinajstić information content (AvgIpc) is 1.68. The molecule has 0 fully saturated rings. The Bertz CT molecular complexity index is 3100. The highest BCUT2D eigenvalue weighted by atomic mass is 16.5. The maximum Gasteiger partial charge on any atom is 0.328 e. The number of aliphatic carboxylic acids is 3. The SMILES string of the molecule is CC(C)C(=O)OCc1ccc(NC(=O)C(CCCNC(N)=O)CC(=O)C(NC(=O)C(CN)N2C(=O)C=CC2=O)C(C)C)cc1.CC(C)CCCCCC(C(=O)O)N1C(=O)C=CC1=O.CC(C)N(C)CCCCC(C(=O)O)N1C(=O)C=CC1=O.CC(C)NCC(C(=O)O)N1C(=O)C=CC1=O. The van der Waals surface area contributed by atoms with Gasteiger partial charge < -0.3 is 57.7 Å². The van der Waals surface area contributed by atoms with E-state index in [1.54, 1.807) is 52.0 Å². The molecule has 0 spiro atoms. The zero-order chi connectivity index (χ0) is 75.0. The number of carboxylic acids is 3. The van der Waals surface area contributed by atoms with Crippen molar-refractivity contribution in [3.05, 3.63) is 78.4 Å². The molecule has 0 saturated heterocycles. The topological polar surface area (TPSA) is 459 Å². The molecular formula is C68H99N11O20. The van der Waals surface area contributed by atoms with Gasteiger partial charge in [-0.05, 0) is 95.5 Å². The second kappa shape index (κ2) is 42.9. The van der Waals surface area contributed by atoms with Crippen LogP contribution in [0.4, 0.5) is 10.5 Å². The Labute approximate surface area is 576 Å². The van der Waals surface area contributed by atoms with Gasteiger partial charge in [0, 0.05) is 98.4 Å². The molecule has 31 heteroatoms. The third kappa shape index (κ3) is 29.2. The van der Waals surface area contributed by atoms with Gasteiger partial charge in [-0.25, -0.2) is 19.2 Å². The molecule has 4 aliphatic rings. The first kappa shape index (κ1) is 85.5. The van der Waals surface area contributed by atoms with Gasteiger partial charge in [0.1, 0.15) is 30.8 Å². The first-order valence-electron chi connectivity index (χ1n) is 32.9. The Balaban J connectivity index is 0.000000501. The molecule has 4 heterocycles. The Morgan fingerprint density at radius 1 is 0.535 bits per heavy atom. The van der Waals surface area contributed by atoms with E-state index in [4.69, 9.17) is 26.4 Å². The van der Waals surface area contributed by atoms with Crippen molar-refractivity contribution in [2.24, 2.45) is 35.1 Å². The quantitative estimate of drug-likeness (QED) is 0.0261. The lowest BCUT2D eigenvalue weighted by atomic mass is 9.89. The molecule has 11 N–H and O–H groups in total. The number of nitrogens with two attached hydrogens (primary N) is 2. The van der Waals surface area contributed by atoms with E-state index in [1.807, 2.05) is 20.9 Å². The van der Waals surface area contributed by atoms with E-state index in [1.165, 1.54) is 0 Å². The summed E-state index contributed by atoms with van der Waals surface area (Å²) in [7, 11) is 2.01. The number of ether oxygens (including phenoxy) is 1. The van der Waals surface area contributed by atoms with E-state index in [2.05, 4.69) is 53.9 Å². The van der Waals surface area contributed by atoms with E-state index in [-0.39, 0.29) is 57.0 Å². The van der Waals surface area contributed by atoms with Crippen molar-refractivity contribution in [2.45, 2.75) is 189 Å². The van der Waals surface area contributed by atoms with Gasteiger partial charge in [0.2, 0.25) is 11.8 Å². The summed E-state index contributed by atoms with van der Waals surface area (Å²) in [6.45, 7) is 19.9. The summed E-state index contributed by atoms with van der Waals surface area (Å²) < 4.78 is 5.22. The number of hydrogen-bond donors (Lipinski definition) is 9. The average molecular weight is 1390 g/mol. The van der Waals surface area contributed by atoms with Crippen LogP contribution in [0.2, 0.25) is 0 Å². The van der Waals surface area contributed by atoms with Gasteiger partial charge in [-0.2, -0.15) is 0 Å². The number of nitrogens with zero attached hydrogens (tertiary/aromatic N) is 5. The lowest BCUT2D eigenvalue weighted by Gasteiger charge is -2.28. The van der Waals surface area contributed by atoms with Crippen LogP contribution in [0.3, 0.4) is 0 Å². The molecule has 0 aliphatic carbocycles. The second-order valence-electron chi connectivity index (χ2n) is 25.5. The fourth-order valence-corrected chi connectivity index (χ4v) is 9.97. The first-order valence-corrected chi connectivity index (χ1v) is 32.9. The number of primary amides is 1. The number of imide groups is 4. The van der Waals surface area contributed by atoms with Crippen LogP contribution in [0, 0.1) is 23.7 Å². The molecule has 5 rings (SSSR count). The second-order valence-corrected chi connectivity index (χ2v) is 25.5. The number of unbranched alkanes of at least 4 members (excludes halogenated alkanes) is 3. The highest BCUT2D eigenvalue weighted by Crippen LogP contribution is 2.22. The molecule has 1 aromatic rings. The zero-order valence-electron chi connectivity index (χ0n) is 58.3. The summed E-state index contributed by atoms with van der Waals surface area (Å²) >= 11 is 0. The van der Waals surface area contributed by atoms with Crippen molar-refractivity contribution in [1.29, 1.82) is 0 Å².